The second-order valence-corrected chi connectivity index (χ2v) is 7.63. The number of hydrogen-bond donors (Lipinski definition) is 1. The zero-order valence-corrected chi connectivity index (χ0v) is 16.0. The smallest absolute Gasteiger partial charge is 0.251 e. The van der Waals surface area contributed by atoms with Gasteiger partial charge in [-0.05, 0) is 73.6 Å². The highest BCUT2D eigenvalue weighted by molar-refractivity contribution is 5.95. The van der Waals surface area contributed by atoms with Crippen molar-refractivity contribution >= 4 is 17.5 Å². The molecule has 28 heavy (non-hydrogen) atoms. The van der Waals surface area contributed by atoms with Crippen molar-refractivity contribution in [2.75, 3.05) is 18.1 Å². The third-order valence-corrected chi connectivity index (χ3v) is 5.30. The number of anilines is 1. The average molecular weight is 378 g/mol. The van der Waals surface area contributed by atoms with E-state index < -0.39 is 0 Å². The molecular weight excluding hydrogens is 352 g/mol. The molecule has 2 aromatic carbocycles. The third kappa shape index (κ3) is 4.71. The Bertz CT molecular complexity index is 843. The molecule has 5 nitrogen and oxygen atoms in total. The molecule has 4 rings (SSSR count). The second-order valence-electron chi connectivity index (χ2n) is 7.63. The van der Waals surface area contributed by atoms with Gasteiger partial charge in [0.15, 0.2) is 0 Å². The van der Waals surface area contributed by atoms with Gasteiger partial charge in [-0.2, -0.15) is 0 Å². The molecular formula is C23H26N2O3. The Morgan fingerprint density at radius 3 is 2.68 bits per heavy atom. The van der Waals surface area contributed by atoms with E-state index in [4.69, 9.17) is 4.74 Å². The van der Waals surface area contributed by atoms with Gasteiger partial charge in [-0.3, -0.25) is 9.59 Å². The molecule has 1 N–H and O–H groups in total. The molecule has 1 saturated carbocycles. The van der Waals surface area contributed by atoms with Gasteiger partial charge in [0.1, 0.15) is 5.75 Å². The summed E-state index contributed by atoms with van der Waals surface area (Å²) in [5.41, 5.74) is 2.50. The highest BCUT2D eigenvalue weighted by Crippen LogP contribution is 2.29. The van der Waals surface area contributed by atoms with Gasteiger partial charge in [-0.15, -0.1) is 0 Å². The molecule has 0 atom stereocenters. The molecule has 2 aromatic rings. The van der Waals surface area contributed by atoms with Crippen molar-refractivity contribution in [1.29, 1.82) is 0 Å². The van der Waals surface area contributed by atoms with E-state index in [0.29, 0.717) is 24.4 Å². The second kappa shape index (κ2) is 8.46. The van der Waals surface area contributed by atoms with Crippen LogP contribution in [0.2, 0.25) is 0 Å². The summed E-state index contributed by atoms with van der Waals surface area (Å²) in [6.45, 7) is 1.96. The van der Waals surface area contributed by atoms with Crippen molar-refractivity contribution in [1.82, 2.24) is 5.32 Å². The van der Waals surface area contributed by atoms with E-state index in [2.05, 4.69) is 5.32 Å². The number of rotatable bonds is 7. The number of amides is 2. The van der Waals surface area contributed by atoms with Gasteiger partial charge in [0.25, 0.3) is 5.91 Å². The molecule has 5 heteroatoms. The standard InChI is InChI=1S/C23H26N2O3/c26-22-6-1-2-13-25(22)20-5-3-4-18(14-20)15-24-23(27)19-9-11-21(12-10-19)28-16-17-7-8-17/h3-5,9-12,14,17H,1-2,6-8,13,15-16H2,(H,24,27). The maximum Gasteiger partial charge on any atom is 0.251 e. The van der Waals surface area contributed by atoms with Crippen LogP contribution in [0.15, 0.2) is 48.5 Å². The first kappa shape index (κ1) is 18.5. The molecule has 1 heterocycles. The van der Waals surface area contributed by atoms with Crippen LogP contribution in [0.3, 0.4) is 0 Å². The van der Waals surface area contributed by atoms with Crippen molar-refractivity contribution in [3.05, 3.63) is 59.7 Å². The van der Waals surface area contributed by atoms with Crippen molar-refractivity contribution in [2.24, 2.45) is 5.92 Å². The molecule has 1 aliphatic heterocycles. The predicted octanol–water partition coefficient (Wildman–Crippen LogP) is 3.92. The first-order valence-electron chi connectivity index (χ1n) is 10.1. The van der Waals surface area contributed by atoms with E-state index in [9.17, 15) is 9.59 Å². The number of ether oxygens (including phenoxy) is 1. The molecule has 146 valence electrons. The summed E-state index contributed by atoms with van der Waals surface area (Å²) >= 11 is 0. The van der Waals surface area contributed by atoms with E-state index in [1.807, 2.05) is 41.3 Å². The summed E-state index contributed by atoms with van der Waals surface area (Å²) in [5, 5.41) is 2.95. The first-order chi connectivity index (χ1) is 13.7. The summed E-state index contributed by atoms with van der Waals surface area (Å²) in [6, 6.07) is 15.1. The molecule has 0 spiro atoms. The van der Waals surface area contributed by atoms with Crippen LogP contribution in [0.4, 0.5) is 5.69 Å². The van der Waals surface area contributed by atoms with Crippen LogP contribution < -0.4 is 15.0 Å². The number of benzene rings is 2. The minimum absolute atomic E-state index is 0.117. The van der Waals surface area contributed by atoms with Crippen LogP contribution in [-0.2, 0) is 11.3 Å². The number of carbonyl (C=O) groups excluding carboxylic acids is 2. The largest absolute Gasteiger partial charge is 0.493 e. The Labute approximate surface area is 165 Å². The van der Waals surface area contributed by atoms with Gasteiger partial charge < -0.3 is 15.0 Å². The Morgan fingerprint density at radius 2 is 1.93 bits per heavy atom. The van der Waals surface area contributed by atoms with Crippen molar-refractivity contribution in [3.8, 4) is 5.75 Å². The lowest BCUT2D eigenvalue weighted by atomic mass is 10.1. The van der Waals surface area contributed by atoms with Gasteiger partial charge in [-0.25, -0.2) is 0 Å². The molecule has 2 amide bonds. The summed E-state index contributed by atoms with van der Waals surface area (Å²) < 4.78 is 5.71. The lowest BCUT2D eigenvalue weighted by molar-refractivity contribution is -0.119. The zero-order chi connectivity index (χ0) is 19.3. The van der Waals surface area contributed by atoms with E-state index in [-0.39, 0.29) is 11.8 Å². The van der Waals surface area contributed by atoms with Crippen LogP contribution in [0.5, 0.6) is 5.75 Å². The maximum absolute atomic E-state index is 12.4. The van der Waals surface area contributed by atoms with Gasteiger partial charge >= 0.3 is 0 Å². The monoisotopic (exact) mass is 378 g/mol. The molecule has 2 aliphatic rings. The van der Waals surface area contributed by atoms with Crippen LogP contribution in [0, 0.1) is 5.92 Å². The molecule has 0 unspecified atom stereocenters. The van der Waals surface area contributed by atoms with Crippen LogP contribution in [-0.4, -0.2) is 25.0 Å². The fraction of sp³-hybridized carbons (Fsp3) is 0.391. The van der Waals surface area contributed by atoms with Crippen molar-refractivity contribution < 1.29 is 14.3 Å². The quantitative estimate of drug-likeness (QED) is 0.794. The third-order valence-electron chi connectivity index (χ3n) is 5.30. The minimum Gasteiger partial charge on any atom is -0.493 e. The van der Waals surface area contributed by atoms with Gasteiger partial charge in [0.05, 0.1) is 6.61 Å². The summed E-state index contributed by atoms with van der Waals surface area (Å²) in [6.07, 6.45) is 5.13. The molecule has 0 radical (unpaired) electrons. The van der Waals surface area contributed by atoms with Crippen LogP contribution in [0.1, 0.15) is 48.0 Å². The lowest BCUT2D eigenvalue weighted by Crippen LogP contribution is -2.35. The first-order valence-corrected chi connectivity index (χ1v) is 10.1. The summed E-state index contributed by atoms with van der Waals surface area (Å²) in [4.78, 5) is 26.4. The zero-order valence-electron chi connectivity index (χ0n) is 16.0. The van der Waals surface area contributed by atoms with Gasteiger partial charge in [-0.1, -0.05) is 12.1 Å². The average Bonchev–Trinajstić information content (AvgIpc) is 3.56. The van der Waals surface area contributed by atoms with E-state index >= 15 is 0 Å². The van der Waals surface area contributed by atoms with Crippen molar-refractivity contribution in [3.63, 3.8) is 0 Å². The topological polar surface area (TPSA) is 58.6 Å². The van der Waals surface area contributed by atoms with Crippen molar-refractivity contribution in [2.45, 2.75) is 38.6 Å². The maximum atomic E-state index is 12.4. The SMILES string of the molecule is O=C(NCc1cccc(N2CCCCC2=O)c1)c1ccc(OCC2CC2)cc1. The van der Waals surface area contributed by atoms with Gasteiger partial charge in [0.2, 0.25) is 5.91 Å². The Hall–Kier alpha value is -2.82. The normalized spacial score (nSPS) is 16.7. The number of nitrogens with zero attached hydrogens (tertiary/aromatic N) is 1. The van der Waals surface area contributed by atoms with Crippen LogP contribution >= 0.6 is 0 Å². The highest BCUT2D eigenvalue weighted by atomic mass is 16.5. The highest BCUT2D eigenvalue weighted by Gasteiger charge is 2.22. The van der Waals surface area contributed by atoms with Gasteiger partial charge in [0, 0.05) is 30.8 Å². The Kier molecular flexibility index (Phi) is 5.60. The Balaban J connectivity index is 1.32. The summed E-state index contributed by atoms with van der Waals surface area (Å²) in [7, 11) is 0. The molecule has 0 aromatic heterocycles. The summed E-state index contributed by atoms with van der Waals surface area (Å²) in [5.74, 6) is 1.57. The molecule has 1 aliphatic carbocycles. The minimum atomic E-state index is -0.117. The lowest BCUT2D eigenvalue weighted by Gasteiger charge is -2.27. The fourth-order valence-corrected chi connectivity index (χ4v) is 3.40. The molecule has 2 fully saturated rings. The van der Waals surface area contributed by atoms with Crippen LogP contribution in [0.25, 0.3) is 0 Å². The van der Waals surface area contributed by atoms with E-state index in [0.717, 1.165) is 43.0 Å². The molecule has 1 saturated heterocycles. The molecule has 0 bridgehead atoms. The predicted molar refractivity (Wildman–Crippen MR) is 108 cm³/mol. The van der Waals surface area contributed by atoms with E-state index in [1.54, 1.807) is 12.1 Å². The number of carbonyl (C=O) groups is 2. The number of piperidine rings is 1. The van der Waals surface area contributed by atoms with E-state index in [1.165, 1.54) is 12.8 Å². The number of nitrogens with one attached hydrogen (secondary N) is 1. The Morgan fingerprint density at radius 1 is 1.11 bits per heavy atom. The fourth-order valence-electron chi connectivity index (χ4n) is 3.40. The number of hydrogen-bond acceptors (Lipinski definition) is 3.